The third-order valence-corrected chi connectivity index (χ3v) is 2.72. The van der Waals surface area contributed by atoms with E-state index in [-0.39, 0.29) is 11.9 Å². The minimum absolute atomic E-state index is 0.0149. The molecule has 18 heavy (non-hydrogen) atoms. The SMILES string of the molecule is CCc1cc(CNC(=O)CC(C)N)ccc1OC. The summed E-state index contributed by atoms with van der Waals surface area (Å²) in [6, 6.07) is 5.85. The number of aryl methyl sites for hydroxylation is 1. The Bertz CT molecular complexity index is 403. The minimum Gasteiger partial charge on any atom is -0.496 e. The van der Waals surface area contributed by atoms with E-state index in [1.54, 1.807) is 7.11 Å². The fraction of sp³-hybridized carbons (Fsp3) is 0.500. The molecule has 0 saturated heterocycles. The molecule has 1 aromatic carbocycles. The van der Waals surface area contributed by atoms with E-state index in [2.05, 4.69) is 18.3 Å². The molecule has 1 aromatic rings. The van der Waals surface area contributed by atoms with Gasteiger partial charge in [0, 0.05) is 19.0 Å². The normalized spacial score (nSPS) is 12.0. The van der Waals surface area contributed by atoms with E-state index in [0.29, 0.717) is 13.0 Å². The van der Waals surface area contributed by atoms with Crippen molar-refractivity contribution in [3.8, 4) is 5.75 Å². The maximum atomic E-state index is 11.5. The molecule has 0 aliphatic heterocycles. The van der Waals surface area contributed by atoms with Gasteiger partial charge in [0.1, 0.15) is 5.75 Å². The summed E-state index contributed by atoms with van der Waals surface area (Å²) in [4.78, 5) is 11.5. The summed E-state index contributed by atoms with van der Waals surface area (Å²) >= 11 is 0. The van der Waals surface area contributed by atoms with Gasteiger partial charge in [0.2, 0.25) is 5.91 Å². The van der Waals surface area contributed by atoms with Gasteiger partial charge in [0.25, 0.3) is 0 Å². The summed E-state index contributed by atoms with van der Waals surface area (Å²) in [6.07, 6.45) is 1.27. The van der Waals surface area contributed by atoms with Crippen molar-refractivity contribution in [2.24, 2.45) is 5.73 Å². The lowest BCUT2D eigenvalue weighted by molar-refractivity contribution is -0.121. The van der Waals surface area contributed by atoms with Crippen molar-refractivity contribution in [3.05, 3.63) is 29.3 Å². The summed E-state index contributed by atoms with van der Waals surface area (Å²) in [5.74, 6) is 0.877. The average Bonchev–Trinajstić information content (AvgIpc) is 2.35. The van der Waals surface area contributed by atoms with E-state index in [1.165, 1.54) is 0 Å². The van der Waals surface area contributed by atoms with Crippen molar-refractivity contribution in [2.45, 2.75) is 39.3 Å². The maximum Gasteiger partial charge on any atom is 0.221 e. The molecule has 1 amide bonds. The van der Waals surface area contributed by atoms with Crippen LogP contribution in [0.25, 0.3) is 0 Å². The summed E-state index contributed by atoms with van der Waals surface area (Å²) in [5.41, 5.74) is 7.79. The zero-order valence-corrected chi connectivity index (χ0v) is 11.3. The molecule has 0 bridgehead atoms. The predicted octanol–water partition coefficient (Wildman–Crippen LogP) is 1.61. The van der Waals surface area contributed by atoms with Crippen molar-refractivity contribution in [1.29, 1.82) is 0 Å². The van der Waals surface area contributed by atoms with Crippen molar-refractivity contribution in [1.82, 2.24) is 5.32 Å². The van der Waals surface area contributed by atoms with Gasteiger partial charge in [-0.3, -0.25) is 4.79 Å². The topological polar surface area (TPSA) is 64.4 Å². The molecule has 0 radical (unpaired) electrons. The van der Waals surface area contributed by atoms with Gasteiger partial charge in [-0.15, -0.1) is 0 Å². The lowest BCUT2D eigenvalue weighted by Crippen LogP contribution is -2.29. The van der Waals surface area contributed by atoms with Crippen LogP contribution in [0, 0.1) is 0 Å². The second kappa shape index (κ2) is 7.01. The standard InChI is InChI=1S/C14H22N2O2/c1-4-12-8-11(5-6-13(12)18-3)9-16-14(17)7-10(2)15/h5-6,8,10H,4,7,9,15H2,1-3H3,(H,16,17). The van der Waals surface area contributed by atoms with Crippen LogP contribution in [-0.4, -0.2) is 19.1 Å². The summed E-state index contributed by atoms with van der Waals surface area (Å²) in [5, 5.41) is 2.86. The number of amides is 1. The molecular formula is C14H22N2O2. The second-order valence-corrected chi connectivity index (χ2v) is 4.46. The van der Waals surface area contributed by atoms with E-state index in [9.17, 15) is 4.79 Å². The number of benzene rings is 1. The van der Waals surface area contributed by atoms with E-state index < -0.39 is 0 Å². The van der Waals surface area contributed by atoms with Crippen molar-refractivity contribution in [3.63, 3.8) is 0 Å². The molecule has 0 aliphatic carbocycles. The molecule has 100 valence electrons. The first-order valence-corrected chi connectivity index (χ1v) is 6.24. The quantitative estimate of drug-likeness (QED) is 0.806. The largest absolute Gasteiger partial charge is 0.496 e. The fourth-order valence-electron chi connectivity index (χ4n) is 1.78. The molecule has 1 unspecified atom stereocenters. The lowest BCUT2D eigenvalue weighted by Gasteiger charge is -2.11. The lowest BCUT2D eigenvalue weighted by atomic mass is 10.1. The van der Waals surface area contributed by atoms with Gasteiger partial charge in [-0.2, -0.15) is 0 Å². The molecule has 0 heterocycles. The first-order valence-electron chi connectivity index (χ1n) is 6.24. The highest BCUT2D eigenvalue weighted by molar-refractivity contribution is 5.76. The maximum absolute atomic E-state index is 11.5. The molecule has 0 saturated carbocycles. The van der Waals surface area contributed by atoms with E-state index >= 15 is 0 Å². The van der Waals surface area contributed by atoms with Crippen LogP contribution in [0.2, 0.25) is 0 Å². The number of carbonyl (C=O) groups excluding carboxylic acids is 1. The van der Waals surface area contributed by atoms with Gasteiger partial charge in [0.15, 0.2) is 0 Å². The van der Waals surface area contributed by atoms with E-state index in [1.807, 2.05) is 19.1 Å². The van der Waals surface area contributed by atoms with Gasteiger partial charge >= 0.3 is 0 Å². The third-order valence-electron chi connectivity index (χ3n) is 2.72. The molecule has 0 spiro atoms. The number of nitrogens with one attached hydrogen (secondary N) is 1. The Morgan fingerprint density at radius 1 is 1.50 bits per heavy atom. The van der Waals surface area contributed by atoms with Crippen LogP contribution >= 0.6 is 0 Å². The van der Waals surface area contributed by atoms with Crippen molar-refractivity contribution < 1.29 is 9.53 Å². The third kappa shape index (κ3) is 4.37. The smallest absolute Gasteiger partial charge is 0.221 e. The van der Waals surface area contributed by atoms with Crippen molar-refractivity contribution in [2.75, 3.05) is 7.11 Å². The van der Waals surface area contributed by atoms with E-state index in [4.69, 9.17) is 10.5 Å². The highest BCUT2D eigenvalue weighted by Crippen LogP contribution is 2.20. The highest BCUT2D eigenvalue weighted by Gasteiger charge is 2.06. The number of carbonyl (C=O) groups is 1. The first kappa shape index (κ1) is 14.5. The summed E-state index contributed by atoms with van der Waals surface area (Å²) in [6.45, 7) is 4.43. The van der Waals surface area contributed by atoms with Crippen LogP contribution in [0.15, 0.2) is 18.2 Å². The molecule has 3 N–H and O–H groups in total. The Balaban J connectivity index is 2.60. The number of methoxy groups -OCH3 is 1. The molecule has 4 heteroatoms. The van der Waals surface area contributed by atoms with Crippen LogP contribution in [0.5, 0.6) is 5.75 Å². The number of rotatable bonds is 6. The zero-order chi connectivity index (χ0) is 13.5. The first-order chi connectivity index (χ1) is 8.56. The van der Waals surface area contributed by atoms with E-state index in [0.717, 1.165) is 23.3 Å². The van der Waals surface area contributed by atoms with Crippen LogP contribution in [-0.2, 0) is 17.8 Å². The molecule has 0 fully saturated rings. The van der Waals surface area contributed by atoms with Gasteiger partial charge < -0.3 is 15.8 Å². The van der Waals surface area contributed by atoms with Gasteiger partial charge in [-0.25, -0.2) is 0 Å². The number of hydrogen-bond acceptors (Lipinski definition) is 3. The monoisotopic (exact) mass is 250 g/mol. The molecule has 4 nitrogen and oxygen atoms in total. The summed E-state index contributed by atoms with van der Waals surface area (Å²) in [7, 11) is 1.67. The highest BCUT2D eigenvalue weighted by atomic mass is 16.5. The second-order valence-electron chi connectivity index (χ2n) is 4.46. The Morgan fingerprint density at radius 2 is 2.22 bits per heavy atom. The van der Waals surface area contributed by atoms with Crippen molar-refractivity contribution >= 4 is 5.91 Å². The summed E-state index contributed by atoms with van der Waals surface area (Å²) < 4.78 is 5.27. The van der Waals surface area contributed by atoms with Crippen LogP contribution in [0.3, 0.4) is 0 Å². The molecule has 0 aromatic heterocycles. The van der Waals surface area contributed by atoms with Crippen LogP contribution in [0.1, 0.15) is 31.4 Å². The van der Waals surface area contributed by atoms with Crippen LogP contribution in [0.4, 0.5) is 0 Å². The molecular weight excluding hydrogens is 228 g/mol. The van der Waals surface area contributed by atoms with Gasteiger partial charge in [-0.1, -0.05) is 19.1 Å². The zero-order valence-electron chi connectivity index (χ0n) is 11.3. The fourth-order valence-corrected chi connectivity index (χ4v) is 1.78. The van der Waals surface area contributed by atoms with Gasteiger partial charge in [0.05, 0.1) is 7.11 Å². The Kier molecular flexibility index (Phi) is 5.65. The predicted molar refractivity (Wildman–Crippen MR) is 72.5 cm³/mol. The minimum atomic E-state index is -0.105. The Morgan fingerprint density at radius 3 is 2.78 bits per heavy atom. The average molecular weight is 250 g/mol. The molecule has 1 rings (SSSR count). The number of nitrogens with two attached hydrogens (primary N) is 1. The Hall–Kier alpha value is -1.55. The van der Waals surface area contributed by atoms with Crippen LogP contribution < -0.4 is 15.8 Å². The molecule has 0 aliphatic rings. The molecule has 1 atom stereocenters. The number of ether oxygens (including phenoxy) is 1. The van der Waals surface area contributed by atoms with Gasteiger partial charge in [-0.05, 0) is 30.5 Å². The Labute approximate surface area is 109 Å². The number of hydrogen-bond donors (Lipinski definition) is 2.